The Hall–Kier alpha value is -2.90. The van der Waals surface area contributed by atoms with Gasteiger partial charge in [0.25, 0.3) is 0 Å². The van der Waals surface area contributed by atoms with Crippen LogP contribution in [0.3, 0.4) is 0 Å². The largest absolute Gasteiger partial charge is 0.353 e. The molecule has 4 rings (SSSR count). The molecule has 0 spiro atoms. The molecule has 1 aliphatic heterocycles. The van der Waals surface area contributed by atoms with E-state index in [1.165, 1.54) is 0 Å². The minimum atomic E-state index is 0.177. The second-order valence-electron chi connectivity index (χ2n) is 6.62. The number of pyridine rings is 1. The third kappa shape index (κ3) is 3.02. The Bertz CT molecular complexity index is 906. The molecule has 136 valence electrons. The quantitative estimate of drug-likeness (QED) is 0.705. The molecular formula is C18H23N7O. The summed E-state index contributed by atoms with van der Waals surface area (Å²) in [4.78, 5) is 21.1. The van der Waals surface area contributed by atoms with E-state index in [1.807, 2.05) is 52.6 Å². The van der Waals surface area contributed by atoms with E-state index in [9.17, 15) is 4.79 Å². The molecule has 0 bridgehead atoms. The first-order chi connectivity index (χ1) is 12.6. The molecule has 3 aromatic heterocycles. The topological polar surface area (TPSA) is 72.1 Å². The fourth-order valence-corrected chi connectivity index (χ4v) is 3.57. The number of carbonyl (C=O) groups excluding carboxylic acids is 1. The number of nitrogens with zero attached hydrogens (tertiary/aromatic N) is 7. The summed E-state index contributed by atoms with van der Waals surface area (Å²) in [6.07, 6.45) is 4.07. The average Bonchev–Trinajstić information content (AvgIpc) is 3.22. The third-order valence-corrected chi connectivity index (χ3v) is 4.95. The van der Waals surface area contributed by atoms with E-state index in [1.54, 1.807) is 6.20 Å². The maximum atomic E-state index is 12.6. The fourth-order valence-electron chi connectivity index (χ4n) is 3.57. The zero-order valence-electron chi connectivity index (χ0n) is 15.2. The van der Waals surface area contributed by atoms with Gasteiger partial charge in [-0.1, -0.05) is 6.07 Å². The molecule has 1 saturated heterocycles. The SMILES string of the molecule is Cc1nn(C)c2cnn(CCC(=O)N3CCN(c4ccccn4)CC3)c12. The van der Waals surface area contributed by atoms with Crippen molar-refractivity contribution in [1.82, 2.24) is 29.4 Å². The van der Waals surface area contributed by atoms with Crippen molar-refractivity contribution in [2.24, 2.45) is 7.05 Å². The van der Waals surface area contributed by atoms with Gasteiger partial charge >= 0.3 is 0 Å². The summed E-state index contributed by atoms with van der Waals surface area (Å²) in [6, 6.07) is 5.92. The van der Waals surface area contributed by atoms with E-state index in [-0.39, 0.29) is 5.91 Å². The second-order valence-corrected chi connectivity index (χ2v) is 6.62. The monoisotopic (exact) mass is 353 g/mol. The van der Waals surface area contributed by atoms with Crippen LogP contribution in [0.25, 0.3) is 11.0 Å². The molecular weight excluding hydrogens is 330 g/mol. The van der Waals surface area contributed by atoms with Gasteiger partial charge in [0.2, 0.25) is 5.91 Å². The molecule has 0 saturated carbocycles. The van der Waals surface area contributed by atoms with Gasteiger partial charge < -0.3 is 9.80 Å². The summed E-state index contributed by atoms with van der Waals surface area (Å²) in [7, 11) is 1.91. The van der Waals surface area contributed by atoms with Crippen LogP contribution in [0.4, 0.5) is 5.82 Å². The second kappa shape index (κ2) is 6.78. The van der Waals surface area contributed by atoms with Gasteiger partial charge in [0.1, 0.15) is 16.9 Å². The molecule has 0 aliphatic carbocycles. The van der Waals surface area contributed by atoms with Crippen LogP contribution < -0.4 is 4.90 Å². The van der Waals surface area contributed by atoms with Crippen molar-refractivity contribution in [1.29, 1.82) is 0 Å². The molecule has 0 atom stereocenters. The van der Waals surface area contributed by atoms with E-state index < -0.39 is 0 Å². The Morgan fingerprint density at radius 1 is 1.19 bits per heavy atom. The molecule has 1 fully saturated rings. The Labute approximate surface area is 152 Å². The Balaban J connectivity index is 1.34. The van der Waals surface area contributed by atoms with Crippen molar-refractivity contribution < 1.29 is 4.79 Å². The number of hydrogen-bond donors (Lipinski definition) is 0. The van der Waals surface area contributed by atoms with Crippen LogP contribution in [0.2, 0.25) is 0 Å². The zero-order valence-corrected chi connectivity index (χ0v) is 15.2. The molecule has 0 N–H and O–H groups in total. The lowest BCUT2D eigenvalue weighted by Crippen LogP contribution is -2.49. The molecule has 0 radical (unpaired) electrons. The van der Waals surface area contributed by atoms with E-state index in [0.717, 1.165) is 48.7 Å². The summed E-state index contributed by atoms with van der Waals surface area (Å²) >= 11 is 0. The molecule has 1 amide bonds. The number of hydrogen-bond acceptors (Lipinski definition) is 5. The molecule has 4 heterocycles. The molecule has 8 heteroatoms. The number of fused-ring (bicyclic) bond motifs is 1. The van der Waals surface area contributed by atoms with Crippen molar-refractivity contribution in [3.8, 4) is 0 Å². The lowest BCUT2D eigenvalue weighted by Gasteiger charge is -2.35. The number of aromatic nitrogens is 5. The van der Waals surface area contributed by atoms with E-state index in [0.29, 0.717) is 13.0 Å². The van der Waals surface area contributed by atoms with Gasteiger partial charge in [-0.25, -0.2) is 4.98 Å². The van der Waals surface area contributed by atoms with Crippen LogP contribution in [0, 0.1) is 6.92 Å². The molecule has 26 heavy (non-hydrogen) atoms. The summed E-state index contributed by atoms with van der Waals surface area (Å²) in [6.45, 7) is 5.65. The van der Waals surface area contributed by atoms with Crippen LogP contribution in [0.15, 0.2) is 30.6 Å². The summed E-state index contributed by atoms with van der Waals surface area (Å²) < 4.78 is 3.71. The van der Waals surface area contributed by atoms with Crippen LogP contribution >= 0.6 is 0 Å². The maximum absolute atomic E-state index is 12.6. The first-order valence-corrected chi connectivity index (χ1v) is 8.92. The van der Waals surface area contributed by atoms with Crippen LogP contribution in [-0.4, -0.2) is 61.5 Å². The molecule has 1 aliphatic rings. The number of anilines is 1. The van der Waals surface area contributed by atoms with Crippen molar-refractivity contribution in [3.63, 3.8) is 0 Å². The Kier molecular flexibility index (Phi) is 4.32. The first kappa shape index (κ1) is 16.6. The number of rotatable bonds is 4. The minimum Gasteiger partial charge on any atom is -0.353 e. The molecule has 8 nitrogen and oxygen atoms in total. The molecule has 3 aromatic rings. The predicted octanol–water partition coefficient (Wildman–Crippen LogP) is 1.21. The lowest BCUT2D eigenvalue weighted by atomic mass is 10.2. The first-order valence-electron chi connectivity index (χ1n) is 8.92. The normalized spacial score (nSPS) is 15.0. The predicted molar refractivity (Wildman–Crippen MR) is 98.9 cm³/mol. The molecule has 0 aromatic carbocycles. The van der Waals surface area contributed by atoms with Gasteiger partial charge in [-0.05, 0) is 19.1 Å². The summed E-state index contributed by atoms with van der Waals surface area (Å²) in [5.41, 5.74) is 2.95. The number of carbonyl (C=O) groups is 1. The minimum absolute atomic E-state index is 0.177. The van der Waals surface area contributed by atoms with Crippen molar-refractivity contribution in [2.45, 2.75) is 19.9 Å². The number of amides is 1. The fraction of sp³-hybridized carbons (Fsp3) is 0.444. The summed E-state index contributed by atoms with van der Waals surface area (Å²) in [5, 5.41) is 8.83. The van der Waals surface area contributed by atoms with Gasteiger partial charge in [0.15, 0.2) is 0 Å². The van der Waals surface area contributed by atoms with Gasteiger partial charge in [0, 0.05) is 45.8 Å². The van der Waals surface area contributed by atoms with E-state index >= 15 is 0 Å². The highest BCUT2D eigenvalue weighted by Gasteiger charge is 2.22. The smallest absolute Gasteiger partial charge is 0.224 e. The van der Waals surface area contributed by atoms with Crippen molar-refractivity contribution in [3.05, 3.63) is 36.3 Å². The zero-order chi connectivity index (χ0) is 18.1. The third-order valence-electron chi connectivity index (χ3n) is 4.95. The standard InChI is InChI=1S/C18H23N7O/c1-14-18-15(22(2)21-14)13-20-25(18)8-6-17(26)24-11-9-23(10-12-24)16-5-3-4-7-19-16/h3-5,7,13H,6,8-12H2,1-2H3. The molecule has 0 unspecified atom stereocenters. The van der Waals surface area contributed by atoms with Crippen LogP contribution in [-0.2, 0) is 18.4 Å². The highest BCUT2D eigenvalue weighted by atomic mass is 16.2. The Morgan fingerprint density at radius 2 is 2.00 bits per heavy atom. The Morgan fingerprint density at radius 3 is 2.73 bits per heavy atom. The van der Waals surface area contributed by atoms with Gasteiger partial charge in [-0.15, -0.1) is 0 Å². The van der Waals surface area contributed by atoms with Crippen LogP contribution in [0.5, 0.6) is 0 Å². The van der Waals surface area contributed by atoms with Gasteiger partial charge in [-0.3, -0.25) is 14.2 Å². The number of piperazine rings is 1. The summed E-state index contributed by atoms with van der Waals surface area (Å²) in [5.74, 6) is 1.15. The van der Waals surface area contributed by atoms with Gasteiger partial charge in [0.05, 0.1) is 18.4 Å². The maximum Gasteiger partial charge on any atom is 0.224 e. The lowest BCUT2D eigenvalue weighted by molar-refractivity contribution is -0.131. The van der Waals surface area contributed by atoms with Gasteiger partial charge in [-0.2, -0.15) is 10.2 Å². The van der Waals surface area contributed by atoms with E-state index in [2.05, 4.69) is 20.1 Å². The van der Waals surface area contributed by atoms with E-state index in [4.69, 9.17) is 0 Å². The average molecular weight is 353 g/mol. The van der Waals surface area contributed by atoms with Crippen LogP contribution in [0.1, 0.15) is 12.1 Å². The van der Waals surface area contributed by atoms with Crippen molar-refractivity contribution in [2.75, 3.05) is 31.1 Å². The van der Waals surface area contributed by atoms with Crippen molar-refractivity contribution >= 4 is 22.8 Å². The highest BCUT2D eigenvalue weighted by Crippen LogP contribution is 2.18. The highest BCUT2D eigenvalue weighted by molar-refractivity contribution is 5.79. The number of aryl methyl sites for hydroxylation is 3.